The number of carboxylic acid groups (broad SMARTS) is 1. The molecule has 1 amide bonds. The second kappa shape index (κ2) is 9.03. The van der Waals surface area contributed by atoms with Crippen molar-refractivity contribution in [2.75, 3.05) is 12.4 Å². The van der Waals surface area contributed by atoms with Gasteiger partial charge in [-0.25, -0.2) is 4.79 Å². The van der Waals surface area contributed by atoms with Gasteiger partial charge in [0.25, 0.3) is 5.91 Å². The van der Waals surface area contributed by atoms with Crippen molar-refractivity contribution in [2.45, 2.75) is 13.8 Å². The van der Waals surface area contributed by atoms with Crippen molar-refractivity contribution >= 4 is 40.1 Å². The average molecular weight is 478 g/mol. The van der Waals surface area contributed by atoms with E-state index >= 15 is 0 Å². The minimum Gasteiger partial charge on any atom is -0.496 e. The molecule has 0 radical (unpaired) electrons. The molecule has 0 aliphatic rings. The Labute approximate surface area is 199 Å². The number of halogens is 1. The van der Waals surface area contributed by atoms with Crippen LogP contribution in [0.4, 0.5) is 5.69 Å². The van der Waals surface area contributed by atoms with Gasteiger partial charge in [-0.2, -0.15) is 0 Å². The fourth-order valence-electron chi connectivity index (χ4n) is 3.72. The maximum absolute atomic E-state index is 12.7. The van der Waals surface area contributed by atoms with Gasteiger partial charge in [-0.3, -0.25) is 9.59 Å². The molecule has 4 aromatic rings. The predicted octanol–water partition coefficient (Wildman–Crippen LogP) is 5.69. The lowest BCUT2D eigenvalue weighted by molar-refractivity contribution is 0.0693. The van der Waals surface area contributed by atoms with Gasteiger partial charge in [0.05, 0.1) is 23.2 Å². The average Bonchev–Trinajstić information content (AvgIpc) is 2.80. The second-order valence-electron chi connectivity index (χ2n) is 7.80. The van der Waals surface area contributed by atoms with E-state index in [0.717, 1.165) is 11.1 Å². The summed E-state index contributed by atoms with van der Waals surface area (Å²) in [7, 11) is 1.33. The number of carbonyl (C=O) groups is 2. The van der Waals surface area contributed by atoms with Gasteiger partial charge < -0.3 is 19.6 Å². The fourth-order valence-corrected chi connectivity index (χ4v) is 3.93. The molecule has 1 aromatic heterocycles. The lowest BCUT2D eigenvalue weighted by Crippen LogP contribution is -2.13. The van der Waals surface area contributed by atoms with Crippen LogP contribution in [-0.4, -0.2) is 24.1 Å². The molecule has 8 heteroatoms. The maximum Gasteiger partial charge on any atom is 0.339 e. The quantitative estimate of drug-likeness (QED) is 0.382. The number of methoxy groups -OCH3 is 1. The Bertz CT molecular complexity index is 1500. The topological polar surface area (TPSA) is 106 Å². The van der Waals surface area contributed by atoms with Gasteiger partial charge >= 0.3 is 5.97 Å². The van der Waals surface area contributed by atoms with Gasteiger partial charge in [0, 0.05) is 23.3 Å². The summed E-state index contributed by atoms with van der Waals surface area (Å²) in [5.41, 5.74) is 3.31. The van der Waals surface area contributed by atoms with E-state index in [1.807, 2.05) is 19.9 Å². The molecular weight excluding hydrogens is 458 g/mol. The number of benzene rings is 3. The van der Waals surface area contributed by atoms with Crippen molar-refractivity contribution in [3.63, 3.8) is 0 Å². The highest BCUT2D eigenvalue weighted by molar-refractivity contribution is 6.34. The van der Waals surface area contributed by atoms with Crippen LogP contribution in [0.1, 0.15) is 31.8 Å². The van der Waals surface area contributed by atoms with Crippen molar-refractivity contribution in [2.24, 2.45) is 0 Å². The van der Waals surface area contributed by atoms with Gasteiger partial charge in [-0.1, -0.05) is 29.8 Å². The summed E-state index contributed by atoms with van der Waals surface area (Å²) in [6, 6.07) is 14.3. The van der Waals surface area contributed by atoms with Gasteiger partial charge in [0.15, 0.2) is 5.43 Å². The number of amides is 1. The zero-order valence-electron chi connectivity index (χ0n) is 18.6. The van der Waals surface area contributed by atoms with Crippen LogP contribution >= 0.6 is 11.6 Å². The smallest absolute Gasteiger partial charge is 0.339 e. The molecule has 0 saturated heterocycles. The number of aryl methyl sites for hydroxylation is 2. The Kier molecular flexibility index (Phi) is 6.13. The first-order chi connectivity index (χ1) is 16.2. The molecule has 0 atom stereocenters. The molecule has 34 heavy (non-hydrogen) atoms. The maximum atomic E-state index is 12.7. The summed E-state index contributed by atoms with van der Waals surface area (Å²) >= 11 is 6.15. The van der Waals surface area contributed by atoms with Gasteiger partial charge in [0.1, 0.15) is 22.7 Å². The van der Waals surface area contributed by atoms with Crippen LogP contribution in [-0.2, 0) is 0 Å². The molecule has 0 bridgehead atoms. The second-order valence-corrected chi connectivity index (χ2v) is 8.21. The van der Waals surface area contributed by atoms with Crippen LogP contribution in [0.5, 0.6) is 5.75 Å². The van der Waals surface area contributed by atoms with Crippen molar-refractivity contribution in [3.8, 4) is 17.1 Å². The van der Waals surface area contributed by atoms with Crippen LogP contribution in [0, 0.1) is 13.8 Å². The minimum atomic E-state index is -1.20. The lowest BCUT2D eigenvalue weighted by atomic mass is 10.1. The van der Waals surface area contributed by atoms with E-state index in [9.17, 15) is 19.5 Å². The van der Waals surface area contributed by atoms with E-state index in [1.165, 1.54) is 25.3 Å². The standard InChI is InChI=1S/C26H20ClNO6/c1-13-8-14(2)24-17(9-13)21(29)12-22(34-24)15-4-6-16(7-5-15)25(30)28-20-11-23(33-3)18(26(31)32)10-19(20)27/h4-12H,1-3H3,(H,28,30)(H,31,32). The number of hydrogen-bond acceptors (Lipinski definition) is 5. The fraction of sp³-hybridized carbons (Fsp3) is 0.115. The van der Waals surface area contributed by atoms with E-state index in [4.69, 9.17) is 20.8 Å². The van der Waals surface area contributed by atoms with Crippen LogP contribution in [0.2, 0.25) is 5.02 Å². The third kappa shape index (κ3) is 4.38. The molecule has 0 fully saturated rings. The molecule has 0 aliphatic heterocycles. The third-order valence-electron chi connectivity index (χ3n) is 5.36. The summed E-state index contributed by atoms with van der Waals surface area (Å²) < 4.78 is 11.1. The molecule has 7 nitrogen and oxygen atoms in total. The summed E-state index contributed by atoms with van der Waals surface area (Å²) in [6.45, 7) is 3.81. The van der Waals surface area contributed by atoms with Crippen LogP contribution in [0.25, 0.3) is 22.3 Å². The molecule has 1 heterocycles. The first-order valence-electron chi connectivity index (χ1n) is 10.3. The highest BCUT2D eigenvalue weighted by atomic mass is 35.5. The normalized spacial score (nSPS) is 10.8. The molecule has 4 rings (SSSR count). The monoisotopic (exact) mass is 477 g/mol. The van der Waals surface area contributed by atoms with E-state index < -0.39 is 11.9 Å². The number of ether oxygens (including phenoxy) is 1. The summed E-state index contributed by atoms with van der Waals surface area (Å²) in [6.07, 6.45) is 0. The highest BCUT2D eigenvalue weighted by Gasteiger charge is 2.17. The molecular formula is C26H20ClNO6. The largest absolute Gasteiger partial charge is 0.496 e. The summed E-state index contributed by atoms with van der Waals surface area (Å²) in [5.74, 6) is -1.18. The minimum absolute atomic E-state index is 0.0618. The summed E-state index contributed by atoms with van der Waals surface area (Å²) in [4.78, 5) is 36.7. The zero-order chi connectivity index (χ0) is 24.6. The van der Waals surface area contributed by atoms with Crippen molar-refractivity contribution in [3.05, 3.63) is 92.1 Å². The molecule has 0 spiro atoms. The van der Waals surface area contributed by atoms with Gasteiger partial charge in [-0.05, 0) is 49.2 Å². The van der Waals surface area contributed by atoms with E-state index in [0.29, 0.717) is 27.9 Å². The number of aromatic carboxylic acids is 1. The van der Waals surface area contributed by atoms with E-state index in [2.05, 4.69) is 5.32 Å². The van der Waals surface area contributed by atoms with Crippen LogP contribution in [0.3, 0.4) is 0 Å². The Morgan fingerprint density at radius 2 is 1.74 bits per heavy atom. The van der Waals surface area contributed by atoms with Crippen molar-refractivity contribution < 1.29 is 23.8 Å². The first kappa shape index (κ1) is 23.1. The predicted molar refractivity (Wildman–Crippen MR) is 130 cm³/mol. The molecule has 0 unspecified atom stereocenters. The lowest BCUT2D eigenvalue weighted by Gasteiger charge is -2.12. The number of fused-ring (bicyclic) bond motifs is 1. The third-order valence-corrected chi connectivity index (χ3v) is 5.67. The molecule has 2 N–H and O–H groups in total. The Morgan fingerprint density at radius 3 is 2.38 bits per heavy atom. The Morgan fingerprint density at radius 1 is 1.03 bits per heavy atom. The number of rotatable bonds is 5. The van der Waals surface area contributed by atoms with E-state index in [-0.39, 0.29) is 27.5 Å². The number of anilines is 1. The zero-order valence-corrected chi connectivity index (χ0v) is 19.3. The molecule has 0 aliphatic carbocycles. The summed E-state index contributed by atoms with van der Waals surface area (Å²) in [5, 5.41) is 12.5. The number of nitrogens with one attached hydrogen (secondary N) is 1. The number of hydrogen-bond donors (Lipinski definition) is 2. The van der Waals surface area contributed by atoms with Crippen LogP contribution < -0.4 is 15.5 Å². The molecule has 172 valence electrons. The SMILES string of the molecule is COc1cc(NC(=O)c2ccc(-c3cc(=O)c4cc(C)cc(C)c4o3)cc2)c(Cl)cc1C(=O)O. The number of carbonyl (C=O) groups excluding carboxylic acids is 1. The van der Waals surface area contributed by atoms with Crippen molar-refractivity contribution in [1.29, 1.82) is 0 Å². The van der Waals surface area contributed by atoms with Gasteiger partial charge in [0.2, 0.25) is 0 Å². The molecule has 3 aromatic carbocycles. The van der Waals surface area contributed by atoms with Crippen LogP contribution in [0.15, 0.2) is 63.8 Å². The Hall–Kier alpha value is -4.10. The molecule has 0 saturated carbocycles. The first-order valence-corrected chi connectivity index (χ1v) is 10.6. The van der Waals surface area contributed by atoms with Gasteiger partial charge in [-0.15, -0.1) is 0 Å². The highest BCUT2D eigenvalue weighted by Crippen LogP contribution is 2.32. The van der Waals surface area contributed by atoms with E-state index in [1.54, 1.807) is 30.3 Å². The number of carboxylic acids is 1. The Balaban J connectivity index is 1.62. The van der Waals surface area contributed by atoms with Crippen molar-refractivity contribution in [1.82, 2.24) is 0 Å².